The molecule has 0 amide bonds. The van der Waals surface area contributed by atoms with Gasteiger partial charge in [0.25, 0.3) is 10.0 Å². The molecule has 1 spiro atoms. The maximum absolute atomic E-state index is 13.4. The molecular formula is C20H25ClN2O3S2. The summed E-state index contributed by atoms with van der Waals surface area (Å²) in [7, 11) is -3.64. The van der Waals surface area contributed by atoms with Gasteiger partial charge < -0.3 is 9.64 Å². The highest BCUT2D eigenvalue weighted by Gasteiger charge is 2.44. The molecule has 1 aromatic carbocycles. The fourth-order valence-corrected chi connectivity index (χ4v) is 7.14. The Morgan fingerprint density at radius 2 is 1.86 bits per heavy atom. The number of hydrogen-bond donors (Lipinski definition) is 0. The highest BCUT2D eigenvalue weighted by atomic mass is 35.5. The third-order valence-corrected chi connectivity index (χ3v) is 9.18. The first kappa shape index (κ1) is 20.2. The summed E-state index contributed by atoms with van der Waals surface area (Å²) < 4.78 is 35.6. The molecule has 5 nitrogen and oxygen atoms in total. The van der Waals surface area contributed by atoms with Crippen molar-refractivity contribution in [2.45, 2.75) is 49.1 Å². The SMILES string of the molecule is CC(C)N1CCC2(CC1)CN(S(=O)(=O)c1ccc(Cl)s1)Cc1ccccc1O2. The van der Waals surface area contributed by atoms with Crippen molar-refractivity contribution < 1.29 is 13.2 Å². The van der Waals surface area contributed by atoms with Crippen LogP contribution in [0.25, 0.3) is 0 Å². The number of benzene rings is 1. The Labute approximate surface area is 175 Å². The van der Waals surface area contributed by atoms with E-state index in [2.05, 4.69) is 18.7 Å². The molecule has 3 heterocycles. The Morgan fingerprint density at radius 3 is 2.50 bits per heavy atom. The third kappa shape index (κ3) is 3.83. The first-order valence-corrected chi connectivity index (χ1v) is 12.2. The molecule has 0 unspecified atom stereocenters. The van der Waals surface area contributed by atoms with Gasteiger partial charge in [-0.25, -0.2) is 8.42 Å². The van der Waals surface area contributed by atoms with E-state index in [1.54, 1.807) is 16.4 Å². The van der Waals surface area contributed by atoms with Gasteiger partial charge in [0.15, 0.2) is 0 Å². The average molecular weight is 441 g/mol. The van der Waals surface area contributed by atoms with Gasteiger partial charge in [0.05, 0.1) is 10.9 Å². The zero-order valence-corrected chi connectivity index (χ0v) is 18.5. The maximum atomic E-state index is 13.4. The van der Waals surface area contributed by atoms with Crippen molar-refractivity contribution in [2.24, 2.45) is 0 Å². The molecule has 4 rings (SSSR count). The summed E-state index contributed by atoms with van der Waals surface area (Å²) in [5.74, 6) is 0.794. The molecular weight excluding hydrogens is 416 g/mol. The number of likely N-dealkylation sites (tertiary alicyclic amines) is 1. The first-order chi connectivity index (χ1) is 13.3. The van der Waals surface area contributed by atoms with Crippen molar-refractivity contribution in [1.82, 2.24) is 9.21 Å². The highest BCUT2D eigenvalue weighted by Crippen LogP contribution is 2.38. The molecule has 1 saturated heterocycles. The van der Waals surface area contributed by atoms with E-state index < -0.39 is 15.6 Å². The lowest BCUT2D eigenvalue weighted by Gasteiger charge is -2.43. The molecule has 2 aromatic rings. The molecule has 0 bridgehead atoms. The van der Waals surface area contributed by atoms with Crippen molar-refractivity contribution in [3.8, 4) is 5.75 Å². The summed E-state index contributed by atoms with van der Waals surface area (Å²) in [5, 5.41) is 0. The lowest BCUT2D eigenvalue weighted by atomic mass is 9.90. The number of hydrogen-bond acceptors (Lipinski definition) is 5. The second-order valence-electron chi connectivity index (χ2n) is 7.85. The molecule has 28 heavy (non-hydrogen) atoms. The summed E-state index contributed by atoms with van der Waals surface area (Å²) in [5.41, 5.74) is 0.392. The van der Waals surface area contributed by atoms with E-state index in [1.165, 1.54) is 0 Å². The Morgan fingerprint density at radius 1 is 1.14 bits per heavy atom. The summed E-state index contributed by atoms with van der Waals surface area (Å²) in [6.07, 6.45) is 1.60. The van der Waals surface area contributed by atoms with E-state index in [-0.39, 0.29) is 4.21 Å². The van der Waals surface area contributed by atoms with Gasteiger partial charge in [0.1, 0.15) is 15.6 Å². The number of piperidine rings is 1. The zero-order chi connectivity index (χ0) is 19.9. The smallest absolute Gasteiger partial charge is 0.253 e. The number of fused-ring (bicyclic) bond motifs is 1. The van der Waals surface area contributed by atoms with Gasteiger partial charge in [-0.15, -0.1) is 11.3 Å². The van der Waals surface area contributed by atoms with Crippen molar-refractivity contribution in [1.29, 1.82) is 0 Å². The molecule has 1 aromatic heterocycles. The van der Waals surface area contributed by atoms with Crippen LogP contribution in [0.2, 0.25) is 4.34 Å². The lowest BCUT2D eigenvalue weighted by molar-refractivity contribution is -0.0127. The number of rotatable bonds is 3. The van der Waals surface area contributed by atoms with E-state index >= 15 is 0 Å². The third-order valence-electron chi connectivity index (χ3n) is 5.69. The molecule has 0 saturated carbocycles. The second kappa shape index (κ2) is 7.61. The number of sulfonamides is 1. The van der Waals surface area contributed by atoms with Crippen LogP contribution in [0.4, 0.5) is 0 Å². The van der Waals surface area contributed by atoms with Crippen molar-refractivity contribution in [3.05, 3.63) is 46.3 Å². The van der Waals surface area contributed by atoms with Gasteiger partial charge >= 0.3 is 0 Å². The predicted octanol–water partition coefficient (Wildman–Crippen LogP) is 4.23. The Kier molecular flexibility index (Phi) is 5.48. The van der Waals surface area contributed by atoms with Gasteiger partial charge in [-0.1, -0.05) is 29.8 Å². The summed E-state index contributed by atoms with van der Waals surface area (Å²) >= 11 is 7.11. The minimum atomic E-state index is -3.64. The second-order valence-corrected chi connectivity index (χ2v) is 11.7. The molecule has 0 atom stereocenters. The van der Waals surface area contributed by atoms with E-state index in [1.807, 2.05) is 24.3 Å². The highest BCUT2D eigenvalue weighted by molar-refractivity contribution is 7.91. The lowest BCUT2D eigenvalue weighted by Crippen LogP contribution is -2.55. The number of ether oxygens (including phenoxy) is 1. The summed E-state index contributed by atoms with van der Waals surface area (Å²) in [4.78, 5) is 2.42. The van der Waals surface area contributed by atoms with Crippen LogP contribution in [-0.4, -0.2) is 48.9 Å². The number of para-hydroxylation sites is 1. The average Bonchev–Trinajstić information content (AvgIpc) is 3.03. The molecule has 0 radical (unpaired) electrons. The molecule has 0 N–H and O–H groups in total. The van der Waals surface area contributed by atoms with Gasteiger partial charge in [0.2, 0.25) is 0 Å². The van der Waals surface area contributed by atoms with Gasteiger partial charge in [-0.3, -0.25) is 0 Å². The van der Waals surface area contributed by atoms with Crippen LogP contribution < -0.4 is 4.74 Å². The zero-order valence-electron chi connectivity index (χ0n) is 16.1. The quantitative estimate of drug-likeness (QED) is 0.716. The van der Waals surface area contributed by atoms with E-state index in [9.17, 15) is 8.42 Å². The fourth-order valence-electron chi connectivity index (χ4n) is 4.01. The van der Waals surface area contributed by atoms with Crippen LogP contribution in [0.3, 0.4) is 0 Å². The molecule has 152 valence electrons. The van der Waals surface area contributed by atoms with Crippen molar-refractivity contribution in [2.75, 3.05) is 19.6 Å². The minimum Gasteiger partial charge on any atom is -0.485 e. The maximum Gasteiger partial charge on any atom is 0.253 e. The number of thiophene rings is 1. The number of halogens is 1. The van der Waals surface area contributed by atoms with Crippen LogP contribution >= 0.6 is 22.9 Å². The predicted molar refractivity (Wildman–Crippen MR) is 113 cm³/mol. The normalized spacial score (nSPS) is 20.7. The van der Waals surface area contributed by atoms with Crippen LogP contribution in [-0.2, 0) is 16.6 Å². The molecule has 2 aliphatic heterocycles. The Balaban J connectivity index is 1.70. The van der Waals surface area contributed by atoms with E-state index in [0.29, 0.717) is 23.5 Å². The van der Waals surface area contributed by atoms with Gasteiger partial charge in [-0.05, 0) is 32.0 Å². The van der Waals surface area contributed by atoms with Gasteiger partial charge in [0, 0.05) is 44.1 Å². The minimum absolute atomic E-state index is 0.284. The summed E-state index contributed by atoms with van der Waals surface area (Å²) in [6, 6.07) is 11.5. The standard InChI is InChI=1S/C20H25ClN2O3S2/c1-15(2)22-11-9-20(10-12-22)14-23(13-16-5-3-4-6-17(16)26-20)28(24,25)19-8-7-18(21)27-19/h3-8,15H,9-14H2,1-2H3. The fraction of sp³-hybridized carbons (Fsp3) is 0.500. The van der Waals surface area contributed by atoms with Crippen LogP contribution in [0, 0.1) is 0 Å². The summed E-state index contributed by atoms with van der Waals surface area (Å²) in [6.45, 7) is 6.85. The molecule has 8 heteroatoms. The van der Waals surface area contributed by atoms with Crippen LogP contribution in [0.1, 0.15) is 32.3 Å². The van der Waals surface area contributed by atoms with Crippen LogP contribution in [0.5, 0.6) is 5.75 Å². The topological polar surface area (TPSA) is 49.9 Å². The van der Waals surface area contributed by atoms with Gasteiger partial charge in [-0.2, -0.15) is 4.31 Å². The Hall–Kier alpha value is -1.12. The Bertz CT molecular complexity index is 950. The molecule has 0 aliphatic carbocycles. The van der Waals surface area contributed by atoms with E-state index in [4.69, 9.17) is 16.3 Å². The monoisotopic (exact) mass is 440 g/mol. The van der Waals surface area contributed by atoms with Crippen LogP contribution in [0.15, 0.2) is 40.6 Å². The van der Waals surface area contributed by atoms with Crippen molar-refractivity contribution >= 4 is 33.0 Å². The van der Waals surface area contributed by atoms with Crippen molar-refractivity contribution in [3.63, 3.8) is 0 Å². The number of nitrogens with zero attached hydrogens (tertiary/aromatic N) is 2. The molecule has 2 aliphatic rings. The van der Waals surface area contributed by atoms with E-state index in [0.717, 1.165) is 48.6 Å². The molecule has 1 fully saturated rings. The first-order valence-electron chi connectivity index (χ1n) is 9.56. The largest absolute Gasteiger partial charge is 0.485 e.